The summed E-state index contributed by atoms with van der Waals surface area (Å²) in [6.45, 7) is 0.247. The lowest BCUT2D eigenvalue weighted by atomic mass is 9.92. The Morgan fingerprint density at radius 2 is 1.84 bits per heavy atom. The fraction of sp³-hybridized carbons (Fsp3) is 0.440. The van der Waals surface area contributed by atoms with Gasteiger partial charge in [-0.1, -0.05) is 30.2 Å². The lowest BCUT2D eigenvalue weighted by molar-refractivity contribution is 0.0894. The van der Waals surface area contributed by atoms with Gasteiger partial charge in [0.1, 0.15) is 11.8 Å². The monoisotopic (exact) mass is 440 g/mol. The third-order valence-corrected chi connectivity index (χ3v) is 6.03. The number of carbonyl (C=O) groups excluding carboxylic acids is 1. The van der Waals surface area contributed by atoms with E-state index in [9.17, 15) is 4.79 Å². The van der Waals surface area contributed by atoms with Crippen LogP contribution in [0, 0.1) is 11.3 Å². The highest BCUT2D eigenvalue weighted by molar-refractivity contribution is 6.31. The molecule has 0 bridgehead atoms. The molecule has 6 heteroatoms. The number of aliphatic hydroxyl groups excluding tert-OH is 1. The number of halogens is 1. The van der Waals surface area contributed by atoms with Crippen LogP contribution in [0.5, 0.6) is 5.75 Å². The van der Waals surface area contributed by atoms with Crippen LogP contribution in [0.25, 0.3) is 0 Å². The van der Waals surface area contributed by atoms with Gasteiger partial charge in [-0.05, 0) is 74.8 Å². The van der Waals surface area contributed by atoms with Gasteiger partial charge in [-0.3, -0.25) is 4.79 Å². The fourth-order valence-electron chi connectivity index (χ4n) is 3.89. The molecule has 0 spiro atoms. The fourth-order valence-corrected chi connectivity index (χ4v) is 4.10. The molecule has 1 fully saturated rings. The second kappa shape index (κ2) is 11.7. The highest BCUT2D eigenvalue weighted by atomic mass is 35.5. The molecule has 0 saturated heterocycles. The molecule has 2 N–H and O–H groups in total. The van der Waals surface area contributed by atoms with Crippen molar-refractivity contribution in [2.24, 2.45) is 0 Å². The van der Waals surface area contributed by atoms with Gasteiger partial charge in [0.25, 0.3) is 5.91 Å². The van der Waals surface area contributed by atoms with Crippen LogP contribution in [0.2, 0.25) is 5.02 Å². The van der Waals surface area contributed by atoms with Crippen molar-refractivity contribution >= 4 is 17.5 Å². The van der Waals surface area contributed by atoms with Crippen molar-refractivity contribution in [3.63, 3.8) is 0 Å². The summed E-state index contributed by atoms with van der Waals surface area (Å²) in [5.41, 5.74) is 2.34. The first-order valence-electron chi connectivity index (χ1n) is 11.0. The van der Waals surface area contributed by atoms with Crippen molar-refractivity contribution in [3.8, 4) is 11.8 Å². The first-order valence-corrected chi connectivity index (χ1v) is 11.3. The maximum Gasteiger partial charge on any atom is 0.251 e. The van der Waals surface area contributed by atoms with Gasteiger partial charge in [-0.15, -0.1) is 0 Å². The minimum atomic E-state index is -0.0323. The van der Waals surface area contributed by atoms with E-state index in [1.165, 1.54) is 5.56 Å². The number of aryl methyl sites for hydroxylation is 1. The number of nitrogens with one attached hydrogen (secondary N) is 1. The van der Waals surface area contributed by atoms with Crippen LogP contribution < -0.4 is 10.1 Å². The number of hydrogen-bond acceptors (Lipinski definition) is 4. The number of amides is 1. The van der Waals surface area contributed by atoms with Gasteiger partial charge in [-0.2, -0.15) is 5.26 Å². The first kappa shape index (κ1) is 23.1. The Labute approximate surface area is 189 Å². The van der Waals surface area contributed by atoms with Gasteiger partial charge >= 0.3 is 0 Å². The zero-order valence-electron chi connectivity index (χ0n) is 17.6. The molecule has 31 heavy (non-hydrogen) atoms. The van der Waals surface area contributed by atoms with E-state index in [1.807, 2.05) is 30.3 Å². The van der Waals surface area contributed by atoms with E-state index in [2.05, 4.69) is 5.32 Å². The van der Waals surface area contributed by atoms with E-state index in [-0.39, 0.29) is 24.7 Å². The Morgan fingerprint density at radius 3 is 2.48 bits per heavy atom. The molecule has 1 aliphatic rings. The summed E-state index contributed by atoms with van der Waals surface area (Å²) in [5, 5.41) is 21.3. The van der Waals surface area contributed by atoms with Crippen LogP contribution in [0.15, 0.2) is 42.5 Å². The molecule has 1 saturated carbocycles. The van der Waals surface area contributed by atoms with E-state index in [0.717, 1.165) is 51.4 Å². The number of unbranched alkanes of at least 4 members (excludes halogenated alkanes) is 2. The van der Waals surface area contributed by atoms with Crippen molar-refractivity contribution in [2.45, 2.75) is 63.5 Å². The maximum atomic E-state index is 12.6. The highest BCUT2D eigenvalue weighted by Crippen LogP contribution is 2.27. The molecular weight excluding hydrogens is 412 g/mol. The van der Waals surface area contributed by atoms with Gasteiger partial charge < -0.3 is 15.2 Å². The summed E-state index contributed by atoms with van der Waals surface area (Å²) in [6.07, 6.45) is 7.40. The SMILES string of the molecule is N#Cc1ccc(OC2CCC(NC(=O)c3ccc(CCCCCO)cc3)CC2)cc1Cl. The first-order chi connectivity index (χ1) is 15.1. The third-order valence-electron chi connectivity index (χ3n) is 5.71. The van der Waals surface area contributed by atoms with Gasteiger partial charge in [0.2, 0.25) is 0 Å². The van der Waals surface area contributed by atoms with E-state index in [4.69, 9.17) is 26.7 Å². The van der Waals surface area contributed by atoms with Crippen LogP contribution in [-0.2, 0) is 6.42 Å². The molecule has 0 aromatic heterocycles. The number of hydrogen-bond donors (Lipinski definition) is 2. The number of nitriles is 1. The second-order valence-electron chi connectivity index (χ2n) is 8.05. The average molecular weight is 441 g/mol. The topological polar surface area (TPSA) is 82.3 Å². The summed E-state index contributed by atoms with van der Waals surface area (Å²) >= 11 is 6.07. The number of ether oxygens (including phenoxy) is 1. The average Bonchev–Trinajstić information content (AvgIpc) is 2.78. The van der Waals surface area contributed by atoms with Gasteiger partial charge in [0.15, 0.2) is 0 Å². The van der Waals surface area contributed by atoms with Crippen molar-refractivity contribution in [1.29, 1.82) is 5.26 Å². The van der Waals surface area contributed by atoms with Gasteiger partial charge in [-0.25, -0.2) is 0 Å². The lowest BCUT2D eigenvalue weighted by Crippen LogP contribution is -2.39. The van der Waals surface area contributed by atoms with E-state index in [1.54, 1.807) is 18.2 Å². The summed E-state index contributed by atoms with van der Waals surface area (Å²) < 4.78 is 6.01. The molecule has 0 radical (unpaired) electrons. The zero-order valence-corrected chi connectivity index (χ0v) is 18.4. The number of rotatable bonds is 9. The number of aliphatic hydroxyl groups is 1. The Kier molecular flexibility index (Phi) is 8.75. The van der Waals surface area contributed by atoms with Crippen molar-refractivity contribution < 1.29 is 14.6 Å². The standard InChI is InChI=1S/C25H29ClN2O3/c26-24-16-23(12-9-20(24)17-27)31-22-13-10-21(11-14-22)28-25(30)19-7-5-18(6-8-19)4-2-1-3-15-29/h5-9,12,16,21-22,29H,1-4,10-11,13-15H2,(H,28,30). The van der Waals surface area contributed by atoms with Gasteiger partial charge in [0.05, 0.1) is 16.7 Å². The molecule has 164 valence electrons. The Morgan fingerprint density at radius 1 is 1.10 bits per heavy atom. The summed E-state index contributed by atoms with van der Waals surface area (Å²) in [7, 11) is 0. The molecule has 5 nitrogen and oxygen atoms in total. The molecule has 0 heterocycles. The molecular formula is C25H29ClN2O3. The van der Waals surface area contributed by atoms with Crippen LogP contribution in [-0.4, -0.2) is 29.8 Å². The largest absolute Gasteiger partial charge is 0.490 e. The lowest BCUT2D eigenvalue weighted by Gasteiger charge is -2.29. The minimum absolute atomic E-state index is 0.0323. The molecule has 0 unspecified atom stereocenters. The molecule has 1 amide bonds. The molecule has 1 aliphatic carbocycles. The molecule has 2 aromatic rings. The van der Waals surface area contributed by atoms with Crippen LogP contribution in [0.4, 0.5) is 0 Å². The quantitative estimate of drug-likeness (QED) is 0.535. The smallest absolute Gasteiger partial charge is 0.251 e. The normalized spacial score (nSPS) is 18.2. The van der Waals surface area contributed by atoms with Crippen LogP contribution in [0.3, 0.4) is 0 Å². The van der Waals surface area contributed by atoms with Crippen LogP contribution >= 0.6 is 11.6 Å². The molecule has 2 aromatic carbocycles. The molecule has 0 atom stereocenters. The van der Waals surface area contributed by atoms with E-state index in [0.29, 0.717) is 21.9 Å². The Hall–Kier alpha value is -2.55. The number of nitrogens with zero attached hydrogens (tertiary/aromatic N) is 1. The van der Waals surface area contributed by atoms with Crippen LogP contribution in [0.1, 0.15) is 66.4 Å². The molecule has 3 rings (SSSR count). The van der Waals surface area contributed by atoms with Crippen molar-refractivity contribution in [1.82, 2.24) is 5.32 Å². The number of carbonyl (C=O) groups is 1. The Bertz CT molecular complexity index is 900. The third kappa shape index (κ3) is 6.99. The highest BCUT2D eigenvalue weighted by Gasteiger charge is 2.24. The predicted molar refractivity (Wildman–Crippen MR) is 121 cm³/mol. The summed E-state index contributed by atoms with van der Waals surface area (Å²) in [4.78, 5) is 12.6. The summed E-state index contributed by atoms with van der Waals surface area (Å²) in [6, 6.07) is 15.1. The Balaban J connectivity index is 1.42. The van der Waals surface area contributed by atoms with E-state index < -0.39 is 0 Å². The van der Waals surface area contributed by atoms with Crippen molar-refractivity contribution in [2.75, 3.05) is 6.61 Å². The number of benzene rings is 2. The molecule has 0 aliphatic heterocycles. The van der Waals surface area contributed by atoms with E-state index >= 15 is 0 Å². The maximum absolute atomic E-state index is 12.6. The van der Waals surface area contributed by atoms with Gasteiger partial charge in [0, 0.05) is 24.3 Å². The zero-order chi connectivity index (χ0) is 22.1. The predicted octanol–water partition coefficient (Wildman–Crippen LogP) is 5.04. The summed E-state index contributed by atoms with van der Waals surface area (Å²) in [5.74, 6) is 0.642. The van der Waals surface area contributed by atoms with Crippen molar-refractivity contribution in [3.05, 3.63) is 64.2 Å². The minimum Gasteiger partial charge on any atom is -0.490 e. The second-order valence-corrected chi connectivity index (χ2v) is 8.46.